The maximum atomic E-state index is 12.1. The second-order valence-corrected chi connectivity index (χ2v) is 4.84. The van der Waals surface area contributed by atoms with Crippen LogP contribution in [0.1, 0.15) is 32.1 Å². The van der Waals surface area contributed by atoms with Crippen molar-refractivity contribution in [2.75, 3.05) is 13.1 Å². The second-order valence-electron chi connectivity index (χ2n) is 4.84. The van der Waals surface area contributed by atoms with Gasteiger partial charge in [0.05, 0.1) is 0 Å². The fourth-order valence-electron chi connectivity index (χ4n) is 1.63. The number of hydrogen-bond donors (Lipinski definition) is 2. The molecule has 0 unspecified atom stereocenters. The summed E-state index contributed by atoms with van der Waals surface area (Å²) in [6.07, 6.45) is -2.38. The van der Waals surface area contributed by atoms with Gasteiger partial charge in [0.1, 0.15) is 0 Å². The zero-order valence-corrected chi connectivity index (χ0v) is 12.4. The highest BCUT2D eigenvalue weighted by Crippen LogP contribution is 2.22. The Kier molecular flexibility index (Phi) is 10.5. The summed E-state index contributed by atoms with van der Waals surface area (Å²) in [7, 11) is 0. The van der Waals surface area contributed by atoms with E-state index in [9.17, 15) is 22.0 Å². The third-order valence-corrected chi connectivity index (χ3v) is 2.82. The zero-order valence-electron chi connectivity index (χ0n) is 12.4. The van der Waals surface area contributed by atoms with Gasteiger partial charge in [-0.05, 0) is 31.9 Å². The van der Waals surface area contributed by atoms with Gasteiger partial charge in [-0.25, -0.2) is 8.78 Å². The molecule has 0 rings (SSSR count). The van der Waals surface area contributed by atoms with Crippen molar-refractivity contribution in [1.29, 1.82) is 0 Å². The SMILES string of the molecule is C=C/C(N)=C\C/C(=C\CCC(F)(F)F)CNCCCC(F)F. The minimum absolute atomic E-state index is 0.112. The monoisotopic (exact) mass is 326 g/mol. The van der Waals surface area contributed by atoms with E-state index in [2.05, 4.69) is 11.9 Å². The number of alkyl halides is 5. The molecule has 0 fully saturated rings. The number of nitrogens with one attached hydrogen (secondary N) is 1. The molecule has 128 valence electrons. The smallest absolute Gasteiger partial charge is 0.389 e. The first-order valence-electron chi connectivity index (χ1n) is 7.06. The third kappa shape index (κ3) is 13.6. The summed E-state index contributed by atoms with van der Waals surface area (Å²) in [6, 6.07) is 0. The van der Waals surface area contributed by atoms with E-state index in [0.29, 0.717) is 31.6 Å². The Hall–Kier alpha value is -1.37. The molecular formula is C15H23F5N2. The highest BCUT2D eigenvalue weighted by atomic mass is 19.4. The predicted octanol–water partition coefficient (Wildman–Crippen LogP) is 4.31. The van der Waals surface area contributed by atoms with Crippen molar-refractivity contribution in [2.45, 2.75) is 44.7 Å². The molecule has 0 aliphatic heterocycles. The topological polar surface area (TPSA) is 38.0 Å². The Morgan fingerprint density at radius 2 is 1.91 bits per heavy atom. The van der Waals surface area contributed by atoms with E-state index in [-0.39, 0.29) is 12.8 Å². The van der Waals surface area contributed by atoms with E-state index in [0.717, 1.165) is 5.57 Å². The van der Waals surface area contributed by atoms with Crippen LogP contribution in [0, 0.1) is 0 Å². The quantitative estimate of drug-likeness (QED) is 0.257. The molecular weight excluding hydrogens is 303 g/mol. The van der Waals surface area contributed by atoms with E-state index < -0.39 is 19.0 Å². The van der Waals surface area contributed by atoms with Crippen LogP contribution >= 0.6 is 0 Å². The van der Waals surface area contributed by atoms with Gasteiger partial charge in [-0.1, -0.05) is 24.3 Å². The van der Waals surface area contributed by atoms with Crippen LogP contribution < -0.4 is 11.1 Å². The molecule has 0 aromatic carbocycles. The van der Waals surface area contributed by atoms with E-state index in [1.807, 2.05) is 0 Å². The lowest BCUT2D eigenvalue weighted by molar-refractivity contribution is -0.133. The minimum Gasteiger partial charge on any atom is -0.399 e. The normalized spacial score (nSPS) is 13.7. The molecule has 0 bridgehead atoms. The summed E-state index contributed by atoms with van der Waals surface area (Å²) in [4.78, 5) is 0. The molecule has 0 saturated heterocycles. The lowest BCUT2D eigenvalue weighted by atomic mass is 10.1. The lowest BCUT2D eigenvalue weighted by Crippen LogP contribution is -2.19. The van der Waals surface area contributed by atoms with Crippen LogP contribution in [-0.4, -0.2) is 25.7 Å². The molecule has 0 aliphatic rings. The molecule has 22 heavy (non-hydrogen) atoms. The highest BCUT2D eigenvalue weighted by Gasteiger charge is 2.25. The first-order valence-corrected chi connectivity index (χ1v) is 7.06. The molecule has 0 spiro atoms. The molecule has 0 aromatic rings. The lowest BCUT2D eigenvalue weighted by Gasteiger charge is -2.09. The van der Waals surface area contributed by atoms with Crippen molar-refractivity contribution in [3.05, 3.63) is 36.1 Å². The molecule has 0 heterocycles. The molecule has 0 amide bonds. The number of allylic oxidation sites excluding steroid dienone is 3. The van der Waals surface area contributed by atoms with Crippen LogP contribution in [0.4, 0.5) is 22.0 Å². The van der Waals surface area contributed by atoms with Crippen LogP contribution in [0.2, 0.25) is 0 Å². The first-order chi connectivity index (χ1) is 10.2. The predicted molar refractivity (Wildman–Crippen MR) is 78.6 cm³/mol. The van der Waals surface area contributed by atoms with Gasteiger partial charge in [0.2, 0.25) is 6.43 Å². The Morgan fingerprint density at radius 1 is 1.23 bits per heavy atom. The van der Waals surface area contributed by atoms with Crippen molar-refractivity contribution in [3.8, 4) is 0 Å². The molecule has 3 N–H and O–H groups in total. The van der Waals surface area contributed by atoms with Crippen LogP contribution in [0.25, 0.3) is 0 Å². The van der Waals surface area contributed by atoms with Crippen molar-refractivity contribution in [2.24, 2.45) is 5.73 Å². The van der Waals surface area contributed by atoms with Gasteiger partial charge < -0.3 is 11.1 Å². The molecule has 0 saturated carbocycles. The first kappa shape index (κ1) is 20.6. The van der Waals surface area contributed by atoms with E-state index in [1.165, 1.54) is 12.2 Å². The zero-order chi connectivity index (χ0) is 17.0. The average Bonchev–Trinajstić information content (AvgIpc) is 2.41. The third-order valence-electron chi connectivity index (χ3n) is 2.82. The van der Waals surface area contributed by atoms with Crippen molar-refractivity contribution in [1.82, 2.24) is 5.32 Å². The molecule has 0 radical (unpaired) electrons. The summed E-state index contributed by atoms with van der Waals surface area (Å²) in [5, 5.41) is 2.95. The summed E-state index contributed by atoms with van der Waals surface area (Å²) in [6.45, 7) is 4.23. The minimum atomic E-state index is -4.19. The molecule has 7 heteroatoms. The standard InChI is InChI=1S/C15H23F5N2/c1-2-13(21)8-7-12(5-3-9-15(18,19)20)11-22-10-4-6-14(16)17/h2,5,8,14,22H,1,3-4,6-7,9-11,21H2/b12-5+,13-8+. The van der Waals surface area contributed by atoms with Crippen LogP contribution in [0.5, 0.6) is 0 Å². The van der Waals surface area contributed by atoms with Crippen LogP contribution in [0.3, 0.4) is 0 Å². The molecule has 0 aromatic heterocycles. The van der Waals surface area contributed by atoms with Gasteiger partial charge in [0, 0.05) is 25.1 Å². The van der Waals surface area contributed by atoms with Crippen LogP contribution in [0.15, 0.2) is 36.1 Å². The molecule has 2 nitrogen and oxygen atoms in total. The average molecular weight is 326 g/mol. The second kappa shape index (κ2) is 11.2. The largest absolute Gasteiger partial charge is 0.399 e. The summed E-state index contributed by atoms with van der Waals surface area (Å²) >= 11 is 0. The molecule has 0 atom stereocenters. The highest BCUT2D eigenvalue weighted by molar-refractivity contribution is 5.17. The van der Waals surface area contributed by atoms with Crippen molar-refractivity contribution in [3.63, 3.8) is 0 Å². The Labute approximate surface area is 127 Å². The van der Waals surface area contributed by atoms with Gasteiger partial charge in [-0.15, -0.1) is 0 Å². The number of nitrogens with two attached hydrogens (primary N) is 1. The van der Waals surface area contributed by atoms with Gasteiger partial charge in [0.25, 0.3) is 0 Å². The van der Waals surface area contributed by atoms with Crippen LogP contribution in [-0.2, 0) is 0 Å². The maximum absolute atomic E-state index is 12.1. The van der Waals surface area contributed by atoms with Gasteiger partial charge in [-0.2, -0.15) is 13.2 Å². The van der Waals surface area contributed by atoms with Gasteiger partial charge in [0.15, 0.2) is 0 Å². The molecule has 0 aliphatic carbocycles. The van der Waals surface area contributed by atoms with E-state index in [4.69, 9.17) is 5.73 Å². The number of halogens is 5. The van der Waals surface area contributed by atoms with E-state index in [1.54, 1.807) is 6.08 Å². The fourth-order valence-corrected chi connectivity index (χ4v) is 1.63. The number of rotatable bonds is 11. The van der Waals surface area contributed by atoms with Crippen molar-refractivity contribution >= 4 is 0 Å². The number of hydrogen-bond acceptors (Lipinski definition) is 2. The maximum Gasteiger partial charge on any atom is 0.389 e. The Balaban J connectivity index is 4.33. The summed E-state index contributed by atoms with van der Waals surface area (Å²) in [5.74, 6) is 0. The summed E-state index contributed by atoms with van der Waals surface area (Å²) < 4.78 is 60.4. The van der Waals surface area contributed by atoms with Gasteiger partial charge in [-0.3, -0.25) is 0 Å². The van der Waals surface area contributed by atoms with Crippen molar-refractivity contribution < 1.29 is 22.0 Å². The Morgan fingerprint density at radius 3 is 2.45 bits per heavy atom. The Bertz CT molecular complexity index is 373. The van der Waals surface area contributed by atoms with Gasteiger partial charge >= 0.3 is 6.18 Å². The van der Waals surface area contributed by atoms with E-state index >= 15 is 0 Å². The summed E-state index contributed by atoms with van der Waals surface area (Å²) in [5.41, 5.74) is 6.75. The fraction of sp³-hybridized carbons (Fsp3) is 0.600.